The van der Waals surface area contributed by atoms with E-state index in [4.69, 9.17) is 0 Å². The van der Waals surface area contributed by atoms with Crippen molar-refractivity contribution >= 4 is 5.91 Å². The molecule has 1 aliphatic heterocycles. The summed E-state index contributed by atoms with van der Waals surface area (Å²) in [6, 6.07) is 1.89. The second-order valence-electron chi connectivity index (χ2n) is 5.65. The number of amides is 1. The van der Waals surface area contributed by atoms with Crippen LogP contribution < -0.4 is 5.32 Å². The third kappa shape index (κ3) is 2.79. The van der Waals surface area contributed by atoms with Gasteiger partial charge >= 0.3 is 0 Å². The number of rotatable bonds is 4. The highest BCUT2D eigenvalue weighted by atomic mass is 16.2. The summed E-state index contributed by atoms with van der Waals surface area (Å²) in [7, 11) is 1.66. The zero-order valence-corrected chi connectivity index (χ0v) is 13.4. The molecule has 1 fully saturated rings. The minimum Gasteiger partial charge on any atom is -0.357 e. The van der Waals surface area contributed by atoms with Gasteiger partial charge < -0.3 is 5.32 Å². The number of carbonyl (C=O) groups is 1. The second-order valence-corrected chi connectivity index (χ2v) is 5.65. The predicted octanol–water partition coefficient (Wildman–Crippen LogP) is 0.812. The molecule has 0 spiro atoms. The van der Waals surface area contributed by atoms with Crippen molar-refractivity contribution in [2.45, 2.75) is 31.8 Å². The summed E-state index contributed by atoms with van der Waals surface area (Å²) in [5.41, 5.74) is 0.793. The Balaban J connectivity index is 1.99. The lowest BCUT2D eigenvalue weighted by Gasteiger charge is -2.35. The van der Waals surface area contributed by atoms with E-state index in [-0.39, 0.29) is 5.91 Å². The average molecular weight is 312 g/mol. The number of carbonyl (C=O) groups excluding carboxylic acids is 1. The van der Waals surface area contributed by atoms with E-state index in [1.807, 2.05) is 13.0 Å². The summed E-state index contributed by atoms with van der Waals surface area (Å²) < 4.78 is 0. The van der Waals surface area contributed by atoms with Crippen LogP contribution in [0.1, 0.15) is 30.1 Å². The van der Waals surface area contributed by atoms with Gasteiger partial charge in [-0.05, 0) is 25.8 Å². The molecule has 1 saturated heterocycles. The van der Waals surface area contributed by atoms with Crippen molar-refractivity contribution in [2.75, 3.05) is 13.6 Å². The molecule has 1 unspecified atom stereocenters. The van der Waals surface area contributed by atoms with Gasteiger partial charge in [-0.15, -0.1) is 0 Å². The van der Waals surface area contributed by atoms with Crippen molar-refractivity contribution in [3.05, 3.63) is 48.1 Å². The molecule has 23 heavy (non-hydrogen) atoms. The first kappa shape index (κ1) is 15.5. The largest absolute Gasteiger partial charge is 0.357 e. The van der Waals surface area contributed by atoms with Crippen molar-refractivity contribution in [3.8, 4) is 0 Å². The van der Waals surface area contributed by atoms with Gasteiger partial charge in [0.15, 0.2) is 0 Å². The van der Waals surface area contributed by atoms with Gasteiger partial charge in [0.25, 0.3) is 0 Å². The number of hydrogen-bond acceptors (Lipinski definition) is 6. The molecule has 0 aliphatic carbocycles. The van der Waals surface area contributed by atoms with Crippen LogP contribution in [0.15, 0.2) is 30.9 Å². The van der Waals surface area contributed by atoms with Gasteiger partial charge in [0.2, 0.25) is 5.91 Å². The van der Waals surface area contributed by atoms with E-state index < -0.39 is 5.54 Å². The number of nitrogens with one attached hydrogen (secondary N) is 1. The highest BCUT2D eigenvalue weighted by molar-refractivity contribution is 5.87. The molecule has 1 aliphatic rings. The fraction of sp³-hybridized carbons (Fsp3) is 0.438. The van der Waals surface area contributed by atoms with Gasteiger partial charge in [0.1, 0.15) is 11.4 Å². The summed E-state index contributed by atoms with van der Waals surface area (Å²) in [4.78, 5) is 32.0. The van der Waals surface area contributed by atoms with Crippen LogP contribution in [0.2, 0.25) is 0 Å². The van der Waals surface area contributed by atoms with Crippen LogP contribution in [0, 0.1) is 6.92 Å². The summed E-state index contributed by atoms with van der Waals surface area (Å²) in [6.45, 7) is 3.25. The molecule has 1 atom stereocenters. The third-order valence-corrected chi connectivity index (χ3v) is 4.28. The highest BCUT2D eigenvalue weighted by Gasteiger charge is 2.49. The van der Waals surface area contributed by atoms with Crippen molar-refractivity contribution in [1.29, 1.82) is 0 Å². The fourth-order valence-electron chi connectivity index (χ4n) is 3.26. The average Bonchev–Trinajstić information content (AvgIpc) is 2.99. The minimum atomic E-state index is -0.790. The third-order valence-electron chi connectivity index (χ3n) is 4.28. The van der Waals surface area contributed by atoms with Crippen LogP contribution in [0.25, 0.3) is 0 Å². The summed E-state index contributed by atoms with van der Waals surface area (Å²) in [6.07, 6.45) is 8.32. The Hall–Kier alpha value is -2.41. The van der Waals surface area contributed by atoms with Crippen molar-refractivity contribution in [1.82, 2.24) is 30.2 Å². The molecule has 2 aromatic heterocycles. The Morgan fingerprint density at radius 3 is 2.91 bits per heavy atom. The summed E-state index contributed by atoms with van der Waals surface area (Å²) >= 11 is 0. The fourth-order valence-corrected chi connectivity index (χ4v) is 3.26. The smallest absolute Gasteiger partial charge is 0.246 e. The number of nitrogens with zero attached hydrogens (tertiary/aromatic N) is 5. The molecule has 120 valence electrons. The van der Waals surface area contributed by atoms with Crippen LogP contribution in [0.3, 0.4) is 0 Å². The topological polar surface area (TPSA) is 83.9 Å². The number of likely N-dealkylation sites (N-methyl/N-ethyl adjacent to an activating group) is 1. The molecule has 1 N–H and O–H groups in total. The zero-order valence-electron chi connectivity index (χ0n) is 13.4. The molecule has 0 bridgehead atoms. The predicted molar refractivity (Wildman–Crippen MR) is 84.2 cm³/mol. The SMILES string of the molecule is CNC(=O)C1(c2cnccn2)CCCN1Cc1ccnc(C)n1. The summed E-state index contributed by atoms with van der Waals surface area (Å²) in [5, 5.41) is 2.79. The molecule has 0 saturated carbocycles. The maximum absolute atomic E-state index is 12.8. The Morgan fingerprint density at radius 1 is 1.35 bits per heavy atom. The van der Waals surface area contributed by atoms with Crippen molar-refractivity contribution in [2.24, 2.45) is 0 Å². The number of aryl methyl sites for hydroxylation is 1. The maximum atomic E-state index is 12.8. The number of hydrogen-bond donors (Lipinski definition) is 1. The molecule has 3 heterocycles. The van der Waals surface area contributed by atoms with Crippen LogP contribution >= 0.6 is 0 Å². The minimum absolute atomic E-state index is 0.0544. The van der Waals surface area contributed by atoms with E-state index >= 15 is 0 Å². The first-order valence-electron chi connectivity index (χ1n) is 7.69. The lowest BCUT2D eigenvalue weighted by atomic mass is 9.90. The second kappa shape index (κ2) is 6.37. The van der Waals surface area contributed by atoms with E-state index in [0.717, 1.165) is 30.9 Å². The van der Waals surface area contributed by atoms with E-state index in [0.29, 0.717) is 12.2 Å². The Kier molecular flexibility index (Phi) is 4.29. The van der Waals surface area contributed by atoms with Crippen LogP contribution in [-0.4, -0.2) is 44.3 Å². The number of likely N-dealkylation sites (tertiary alicyclic amines) is 1. The first-order chi connectivity index (χ1) is 11.2. The zero-order chi connectivity index (χ0) is 16.3. The van der Waals surface area contributed by atoms with Crippen LogP contribution in [-0.2, 0) is 16.9 Å². The van der Waals surface area contributed by atoms with Crippen LogP contribution in [0.4, 0.5) is 0 Å². The number of aromatic nitrogens is 4. The van der Waals surface area contributed by atoms with E-state index in [9.17, 15) is 4.79 Å². The molecular formula is C16H20N6O. The molecule has 7 heteroatoms. The van der Waals surface area contributed by atoms with Gasteiger partial charge in [-0.25, -0.2) is 9.97 Å². The van der Waals surface area contributed by atoms with E-state index in [1.165, 1.54) is 0 Å². The van der Waals surface area contributed by atoms with Gasteiger partial charge in [0.05, 0.1) is 17.6 Å². The van der Waals surface area contributed by atoms with Gasteiger partial charge in [-0.2, -0.15) is 0 Å². The summed E-state index contributed by atoms with van der Waals surface area (Å²) in [5.74, 6) is 0.674. The first-order valence-corrected chi connectivity index (χ1v) is 7.69. The van der Waals surface area contributed by atoms with E-state index in [1.54, 1.807) is 31.8 Å². The van der Waals surface area contributed by atoms with Crippen molar-refractivity contribution in [3.63, 3.8) is 0 Å². The van der Waals surface area contributed by atoms with Gasteiger partial charge in [-0.3, -0.25) is 19.7 Å². The molecule has 2 aromatic rings. The lowest BCUT2D eigenvalue weighted by molar-refractivity contribution is -0.132. The monoisotopic (exact) mass is 312 g/mol. The maximum Gasteiger partial charge on any atom is 0.246 e. The molecule has 1 amide bonds. The van der Waals surface area contributed by atoms with Gasteiger partial charge in [0, 0.05) is 38.7 Å². The van der Waals surface area contributed by atoms with Crippen LogP contribution in [0.5, 0.6) is 0 Å². The molecule has 0 aromatic carbocycles. The normalized spacial score (nSPS) is 21.3. The van der Waals surface area contributed by atoms with E-state index in [2.05, 4.69) is 30.2 Å². The Bertz CT molecular complexity index is 692. The Morgan fingerprint density at radius 2 is 2.22 bits per heavy atom. The molecule has 3 rings (SSSR count). The van der Waals surface area contributed by atoms with Gasteiger partial charge in [-0.1, -0.05) is 0 Å². The molecular weight excluding hydrogens is 292 g/mol. The lowest BCUT2D eigenvalue weighted by Crippen LogP contribution is -2.52. The molecule has 0 radical (unpaired) electrons. The van der Waals surface area contributed by atoms with Crippen molar-refractivity contribution < 1.29 is 4.79 Å². The Labute approximate surface area is 135 Å². The standard InChI is InChI=1S/C16H20N6O/c1-12-19-6-4-13(21-12)11-22-9-3-5-16(22,15(23)17-2)14-10-18-7-8-20-14/h4,6-8,10H,3,5,9,11H2,1-2H3,(H,17,23). The highest BCUT2D eigenvalue weighted by Crippen LogP contribution is 2.38. The molecule has 7 nitrogen and oxygen atoms in total. The quantitative estimate of drug-likeness (QED) is 0.899.